The third-order valence-corrected chi connectivity index (χ3v) is 5.11. The second-order valence-corrected chi connectivity index (χ2v) is 7.30. The smallest absolute Gasteiger partial charge is 0.0322 e. The van der Waals surface area contributed by atoms with Crippen molar-refractivity contribution in [3.8, 4) is 0 Å². The molecule has 0 bridgehead atoms. The fourth-order valence-electron chi connectivity index (χ4n) is 3.65. The molecule has 21 heavy (non-hydrogen) atoms. The van der Waals surface area contributed by atoms with E-state index in [0.29, 0.717) is 6.04 Å². The molecule has 2 rings (SSSR count). The van der Waals surface area contributed by atoms with Gasteiger partial charge in [0.15, 0.2) is 0 Å². The Bertz CT molecular complexity index is 376. The Balaban J connectivity index is 1.85. The molecule has 1 heteroatoms. The van der Waals surface area contributed by atoms with Crippen LogP contribution in [0.25, 0.3) is 0 Å². The van der Waals surface area contributed by atoms with Gasteiger partial charge in [-0.1, -0.05) is 70.4 Å². The summed E-state index contributed by atoms with van der Waals surface area (Å²) in [6.45, 7) is 8.19. The number of benzene rings is 1. The SMILES string of the molecule is CCC1CCC(CNC(CC(C)C)c2ccccc2)CC1. The average molecular weight is 287 g/mol. The molecule has 1 aromatic rings. The van der Waals surface area contributed by atoms with Crippen LogP contribution in [0, 0.1) is 17.8 Å². The first-order valence-corrected chi connectivity index (χ1v) is 8.97. The molecule has 0 radical (unpaired) electrons. The maximum atomic E-state index is 3.87. The Labute approximate surface area is 131 Å². The molecule has 0 aromatic heterocycles. The molecule has 1 unspecified atom stereocenters. The van der Waals surface area contributed by atoms with Crippen molar-refractivity contribution < 1.29 is 0 Å². The van der Waals surface area contributed by atoms with Crippen LogP contribution < -0.4 is 5.32 Å². The Morgan fingerprint density at radius 1 is 1.00 bits per heavy atom. The summed E-state index contributed by atoms with van der Waals surface area (Å²) in [7, 11) is 0. The van der Waals surface area contributed by atoms with Gasteiger partial charge in [0.2, 0.25) is 0 Å². The van der Waals surface area contributed by atoms with Gasteiger partial charge in [-0.25, -0.2) is 0 Å². The fourth-order valence-corrected chi connectivity index (χ4v) is 3.65. The highest BCUT2D eigenvalue weighted by molar-refractivity contribution is 5.18. The zero-order chi connectivity index (χ0) is 15.1. The van der Waals surface area contributed by atoms with Crippen molar-refractivity contribution >= 4 is 0 Å². The summed E-state index contributed by atoms with van der Waals surface area (Å²) in [6.07, 6.45) is 8.35. The molecule has 1 nitrogen and oxygen atoms in total. The highest BCUT2D eigenvalue weighted by Gasteiger charge is 2.21. The summed E-state index contributed by atoms with van der Waals surface area (Å²) in [5.74, 6) is 2.63. The second kappa shape index (κ2) is 8.58. The molecule has 1 aliphatic rings. The predicted octanol–water partition coefficient (Wildman–Crippen LogP) is 5.58. The summed E-state index contributed by atoms with van der Waals surface area (Å²) in [5.41, 5.74) is 1.45. The van der Waals surface area contributed by atoms with Gasteiger partial charge in [0.05, 0.1) is 0 Å². The number of hydrogen-bond acceptors (Lipinski definition) is 1. The van der Waals surface area contributed by atoms with E-state index in [1.54, 1.807) is 0 Å². The van der Waals surface area contributed by atoms with E-state index in [2.05, 4.69) is 56.4 Å². The molecule has 118 valence electrons. The molecule has 1 fully saturated rings. The Hall–Kier alpha value is -0.820. The van der Waals surface area contributed by atoms with Crippen molar-refractivity contribution in [1.29, 1.82) is 0 Å². The van der Waals surface area contributed by atoms with Crippen LogP contribution in [0.2, 0.25) is 0 Å². The van der Waals surface area contributed by atoms with E-state index in [9.17, 15) is 0 Å². The molecule has 1 saturated carbocycles. The first kappa shape index (κ1) is 16.5. The Morgan fingerprint density at radius 2 is 1.62 bits per heavy atom. The first-order valence-electron chi connectivity index (χ1n) is 8.97. The van der Waals surface area contributed by atoms with Crippen LogP contribution in [0.15, 0.2) is 30.3 Å². The highest BCUT2D eigenvalue weighted by atomic mass is 14.9. The lowest BCUT2D eigenvalue weighted by atomic mass is 9.80. The summed E-state index contributed by atoms with van der Waals surface area (Å²) >= 11 is 0. The molecule has 0 aliphatic heterocycles. The van der Waals surface area contributed by atoms with Crippen molar-refractivity contribution in [1.82, 2.24) is 5.32 Å². The van der Waals surface area contributed by atoms with Gasteiger partial charge < -0.3 is 5.32 Å². The first-order chi connectivity index (χ1) is 10.2. The maximum Gasteiger partial charge on any atom is 0.0322 e. The van der Waals surface area contributed by atoms with Crippen LogP contribution in [0.3, 0.4) is 0 Å². The normalized spacial score (nSPS) is 24.2. The van der Waals surface area contributed by atoms with E-state index in [0.717, 1.165) is 17.8 Å². The summed E-state index contributed by atoms with van der Waals surface area (Å²) < 4.78 is 0. The molecule has 0 spiro atoms. The van der Waals surface area contributed by atoms with Gasteiger partial charge in [-0.3, -0.25) is 0 Å². The number of hydrogen-bond donors (Lipinski definition) is 1. The third-order valence-electron chi connectivity index (χ3n) is 5.11. The lowest BCUT2D eigenvalue weighted by molar-refractivity contribution is 0.253. The highest BCUT2D eigenvalue weighted by Crippen LogP contribution is 2.31. The quantitative estimate of drug-likeness (QED) is 0.690. The zero-order valence-corrected chi connectivity index (χ0v) is 14.1. The number of nitrogens with one attached hydrogen (secondary N) is 1. The van der Waals surface area contributed by atoms with Crippen molar-refractivity contribution in [2.24, 2.45) is 17.8 Å². The minimum Gasteiger partial charge on any atom is -0.310 e. The summed E-state index contributed by atoms with van der Waals surface area (Å²) in [5, 5.41) is 3.87. The van der Waals surface area contributed by atoms with Crippen molar-refractivity contribution in [2.45, 2.75) is 65.3 Å². The van der Waals surface area contributed by atoms with Crippen molar-refractivity contribution in [2.75, 3.05) is 6.54 Å². The van der Waals surface area contributed by atoms with Crippen LogP contribution in [0.1, 0.15) is 70.9 Å². The predicted molar refractivity (Wildman–Crippen MR) is 92.4 cm³/mol. The van der Waals surface area contributed by atoms with E-state index < -0.39 is 0 Å². The lowest BCUT2D eigenvalue weighted by Gasteiger charge is -2.30. The van der Waals surface area contributed by atoms with Gasteiger partial charge in [-0.2, -0.15) is 0 Å². The van der Waals surface area contributed by atoms with Crippen LogP contribution in [0.4, 0.5) is 0 Å². The average Bonchev–Trinajstić information content (AvgIpc) is 2.52. The van der Waals surface area contributed by atoms with E-state index in [1.165, 1.54) is 50.6 Å². The van der Waals surface area contributed by atoms with E-state index in [-0.39, 0.29) is 0 Å². The molecule has 1 aromatic carbocycles. The Kier molecular flexibility index (Phi) is 6.76. The summed E-state index contributed by atoms with van der Waals surface area (Å²) in [6, 6.07) is 11.5. The molecule has 0 amide bonds. The second-order valence-electron chi connectivity index (χ2n) is 7.30. The molecular formula is C20H33N. The minimum absolute atomic E-state index is 0.523. The molecular weight excluding hydrogens is 254 g/mol. The van der Waals surface area contributed by atoms with E-state index in [4.69, 9.17) is 0 Å². The lowest BCUT2D eigenvalue weighted by Crippen LogP contribution is -2.30. The topological polar surface area (TPSA) is 12.0 Å². The monoisotopic (exact) mass is 287 g/mol. The van der Waals surface area contributed by atoms with Gasteiger partial charge in [-0.05, 0) is 49.1 Å². The van der Waals surface area contributed by atoms with Gasteiger partial charge in [0, 0.05) is 6.04 Å². The van der Waals surface area contributed by atoms with E-state index >= 15 is 0 Å². The van der Waals surface area contributed by atoms with Crippen LogP contribution >= 0.6 is 0 Å². The Morgan fingerprint density at radius 3 is 2.19 bits per heavy atom. The molecule has 1 atom stereocenters. The molecule has 1 aliphatic carbocycles. The van der Waals surface area contributed by atoms with Crippen molar-refractivity contribution in [3.63, 3.8) is 0 Å². The third kappa shape index (κ3) is 5.47. The van der Waals surface area contributed by atoms with Crippen LogP contribution in [-0.4, -0.2) is 6.54 Å². The van der Waals surface area contributed by atoms with Crippen molar-refractivity contribution in [3.05, 3.63) is 35.9 Å². The molecule has 0 heterocycles. The van der Waals surface area contributed by atoms with Gasteiger partial charge >= 0.3 is 0 Å². The van der Waals surface area contributed by atoms with Crippen LogP contribution in [-0.2, 0) is 0 Å². The van der Waals surface area contributed by atoms with Crippen LogP contribution in [0.5, 0.6) is 0 Å². The zero-order valence-electron chi connectivity index (χ0n) is 14.1. The van der Waals surface area contributed by atoms with Gasteiger partial charge in [-0.15, -0.1) is 0 Å². The molecule has 0 saturated heterocycles. The standard InChI is InChI=1S/C20H33N/c1-4-17-10-12-18(13-11-17)15-21-20(14-16(2)3)19-8-6-5-7-9-19/h5-9,16-18,20-21H,4,10-15H2,1-3H3. The summed E-state index contributed by atoms with van der Waals surface area (Å²) in [4.78, 5) is 0. The fraction of sp³-hybridized carbons (Fsp3) is 0.700. The minimum atomic E-state index is 0.523. The van der Waals surface area contributed by atoms with Gasteiger partial charge in [0.1, 0.15) is 0 Å². The van der Waals surface area contributed by atoms with Gasteiger partial charge in [0.25, 0.3) is 0 Å². The van der Waals surface area contributed by atoms with E-state index in [1.807, 2.05) is 0 Å². The number of rotatable bonds is 7. The molecule has 1 N–H and O–H groups in total. The maximum absolute atomic E-state index is 3.87. The largest absolute Gasteiger partial charge is 0.310 e.